The lowest BCUT2D eigenvalue weighted by atomic mass is 10.0. The van der Waals surface area contributed by atoms with E-state index in [1.807, 2.05) is 24.3 Å². The molecular weight excluding hydrogens is 294 g/mol. The first-order valence-corrected chi connectivity index (χ1v) is 8.28. The lowest BCUT2D eigenvalue weighted by Crippen LogP contribution is -2.04. The van der Waals surface area contributed by atoms with Gasteiger partial charge in [0.1, 0.15) is 6.61 Å². The fraction of sp³-hybridized carbons (Fsp3) is 0.316. The summed E-state index contributed by atoms with van der Waals surface area (Å²) in [6, 6.07) is 20.8. The minimum atomic E-state index is 0.568. The Kier molecular flexibility index (Phi) is 7.54. The second kappa shape index (κ2) is 10.0. The van der Waals surface area contributed by atoms with Crippen LogP contribution in [-0.4, -0.2) is 18.2 Å². The van der Waals surface area contributed by atoms with Crippen molar-refractivity contribution >= 4 is 17.3 Å². The molecule has 0 bridgehead atoms. The van der Waals surface area contributed by atoms with Gasteiger partial charge in [0.2, 0.25) is 0 Å². The molecule has 0 unspecified atom stereocenters. The third-order valence-electron chi connectivity index (χ3n) is 3.37. The average Bonchev–Trinajstić information content (AvgIpc) is 2.59. The average molecular weight is 316 g/mol. The molecule has 0 spiro atoms. The minimum Gasteiger partial charge on any atom is -0.396 e. The van der Waals surface area contributed by atoms with E-state index in [4.69, 9.17) is 16.4 Å². The highest BCUT2D eigenvalue weighted by atomic mass is 35.5. The Morgan fingerprint density at radius 1 is 0.909 bits per heavy atom. The van der Waals surface area contributed by atoms with Crippen molar-refractivity contribution in [3.05, 3.63) is 71.8 Å². The van der Waals surface area contributed by atoms with Gasteiger partial charge in [0.15, 0.2) is 0 Å². The summed E-state index contributed by atoms with van der Waals surface area (Å²) in [6.45, 7) is 0.568. The van der Waals surface area contributed by atoms with Crippen LogP contribution in [0.15, 0.2) is 65.8 Å². The number of hydrogen-bond donors (Lipinski definition) is 0. The predicted molar refractivity (Wildman–Crippen MR) is 93.6 cm³/mol. The van der Waals surface area contributed by atoms with E-state index in [0.29, 0.717) is 12.5 Å². The van der Waals surface area contributed by atoms with Crippen molar-refractivity contribution in [2.45, 2.75) is 25.7 Å². The molecule has 0 heterocycles. The van der Waals surface area contributed by atoms with Crippen LogP contribution >= 0.6 is 11.6 Å². The normalized spacial score (nSPS) is 11.4. The molecule has 0 saturated heterocycles. The number of nitrogens with zero attached hydrogens (tertiary/aromatic N) is 1. The molecule has 0 fully saturated rings. The number of oxime groups is 1. The van der Waals surface area contributed by atoms with Crippen LogP contribution in [0, 0.1) is 0 Å². The first-order chi connectivity index (χ1) is 10.9. The van der Waals surface area contributed by atoms with Crippen molar-refractivity contribution in [2.75, 3.05) is 12.5 Å². The molecule has 0 N–H and O–H groups in total. The Morgan fingerprint density at radius 2 is 1.59 bits per heavy atom. The van der Waals surface area contributed by atoms with E-state index in [-0.39, 0.29) is 0 Å². The summed E-state index contributed by atoms with van der Waals surface area (Å²) in [4.78, 5) is 5.40. The minimum absolute atomic E-state index is 0.568. The Hall–Kier alpha value is -1.80. The monoisotopic (exact) mass is 315 g/mol. The summed E-state index contributed by atoms with van der Waals surface area (Å²) in [7, 11) is 0. The lowest BCUT2D eigenvalue weighted by Gasteiger charge is -2.07. The molecule has 22 heavy (non-hydrogen) atoms. The molecule has 2 rings (SSSR count). The fourth-order valence-electron chi connectivity index (χ4n) is 2.22. The molecular formula is C19H22ClNO. The van der Waals surface area contributed by atoms with Gasteiger partial charge in [-0.2, -0.15) is 0 Å². The number of hydrogen-bond acceptors (Lipinski definition) is 2. The van der Waals surface area contributed by atoms with Crippen LogP contribution in [0.25, 0.3) is 0 Å². The maximum Gasteiger partial charge on any atom is 0.118 e. The predicted octanol–water partition coefficient (Wildman–Crippen LogP) is 5.06. The summed E-state index contributed by atoms with van der Waals surface area (Å²) >= 11 is 5.66. The summed E-state index contributed by atoms with van der Waals surface area (Å²) in [6.07, 6.45) is 3.82. The van der Waals surface area contributed by atoms with Crippen molar-refractivity contribution < 1.29 is 4.84 Å². The molecule has 0 aliphatic heterocycles. The maximum absolute atomic E-state index is 5.66. The van der Waals surface area contributed by atoms with Crippen LogP contribution < -0.4 is 0 Å². The van der Waals surface area contributed by atoms with Crippen molar-refractivity contribution in [1.82, 2.24) is 0 Å². The Labute approximate surface area is 137 Å². The molecule has 0 aromatic heterocycles. The second-order valence-electron chi connectivity index (χ2n) is 5.12. The van der Waals surface area contributed by atoms with Gasteiger partial charge in [-0.25, -0.2) is 0 Å². The van der Waals surface area contributed by atoms with E-state index < -0.39 is 0 Å². The molecule has 2 aromatic rings. The van der Waals surface area contributed by atoms with Gasteiger partial charge in [-0.05, 0) is 36.8 Å². The summed E-state index contributed by atoms with van der Waals surface area (Å²) in [5, 5.41) is 4.32. The molecule has 116 valence electrons. The smallest absolute Gasteiger partial charge is 0.118 e. The Balaban J connectivity index is 1.92. The second-order valence-corrected chi connectivity index (χ2v) is 5.50. The fourth-order valence-corrected chi connectivity index (χ4v) is 2.33. The summed E-state index contributed by atoms with van der Waals surface area (Å²) in [5.41, 5.74) is 3.49. The summed E-state index contributed by atoms with van der Waals surface area (Å²) in [5.74, 6) is 0.601. The standard InChI is InChI=1S/C19H22ClNO/c20-15-8-16-22-21-19(18-12-5-2-6-13-18)14-7-11-17-9-3-1-4-10-17/h1-6,9-10,12-13H,7-8,11,14-16H2. The van der Waals surface area contributed by atoms with Crippen LogP contribution in [0.4, 0.5) is 0 Å². The van der Waals surface area contributed by atoms with E-state index in [9.17, 15) is 0 Å². The zero-order valence-electron chi connectivity index (χ0n) is 12.7. The van der Waals surface area contributed by atoms with Crippen molar-refractivity contribution in [3.8, 4) is 0 Å². The van der Waals surface area contributed by atoms with Gasteiger partial charge in [-0.3, -0.25) is 0 Å². The van der Waals surface area contributed by atoms with Gasteiger partial charge in [0, 0.05) is 5.88 Å². The molecule has 3 heteroatoms. The highest BCUT2D eigenvalue weighted by molar-refractivity contribution is 6.17. The third-order valence-corrected chi connectivity index (χ3v) is 3.64. The SMILES string of the molecule is ClCCCON=C(CCCc1ccccc1)c1ccccc1. The van der Waals surface area contributed by atoms with Gasteiger partial charge in [0.05, 0.1) is 5.71 Å². The zero-order chi connectivity index (χ0) is 15.5. The van der Waals surface area contributed by atoms with E-state index in [1.54, 1.807) is 0 Å². The van der Waals surface area contributed by atoms with E-state index in [1.165, 1.54) is 5.56 Å². The van der Waals surface area contributed by atoms with Gasteiger partial charge >= 0.3 is 0 Å². The van der Waals surface area contributed by atoms with E-state index in [2.05, 4.69) is 41.6 Å². The molecule has 0 saturated carbocycles. The number of halogens is 1. The first kappa shape index (κ1) is 16.6. The van der Waals surface area contributed by atoms with Crippen LogP contribution in [-0.2, 0) is 11.3 Å². The maximum atomic E-state index is 5.66. The van der Waals surface area contributed by atoms with Crippen molar-refractivity contribution in [3.63, 3.8) is 0 Å². The molecule has 0 amide bonds. The number of alkyl halides is 1. The van der Waals surface area contributed by atoms with Gasteiger partial charge in [-0.15, -0.1) is 11.6 Å². The first-order valence-electron chi connectivity index (χ1n) is 7.74. The quantitative estimate of drug-likeness (QED) is 0.274. The zero-order valence-corrected chi connectivity index (χ0v) is 13.5. The number of benzene rings is 2. The van der Waals surface area contributed by atoms with Crippen LogP contribution in [0.5, 0.6) is 0 Å². The molecule has 0 aliphatic rings. The molecule has 0 radical (unpaired) electrons. The Bertz CT molecular complexity index is 554. The van der Waals surface area contributed by atoms with Crippen LogP contribution in [0.2, 0.25) is 0 Å². The topological polar surface area (TPSA) is 21.6 Å². The Morgan fingerprint density at radius 3 is 2.27 bits per heavy atom. The number of rotatable bonds is 9. The molecule has 0 aliphatic carbocycles. The highest BCUT2D eigenvalue weighted by Gasteiger charge is 2.04. The molecule has 0 atom stereocenters. The highest BCUT2D eigenvalue weighted by Crippen LogP contribution is 2.11. The van der Waals surface area contributed by atoms with Gasteiger partial charge in [-0.1, -0.05) is 65.8 Å². The molecule has 2 nitrogen and oxygen atoms in total. The van der Waals surface area contributed by atoms with Crippen molar-refractivity contribution in [1.29, 1.82) is 0 Å². The van der Waals surface area contributed by atoms with Gasteiger partial charge < -0.3 is 4.84 Å². The van der Waals surface area contributed by atoms with Gasteiger partial charge in [0.25, 0.3) is 0 Å². The van der Waals surface area contributed by atoms with E-state index >= 15 is 0 Å². The lowest BCUT2D eigenvalue weighted by molar-refractivity contribution is 0.145. The van der Waals surface area contributed by atoms with Crippen LogP contribution in [0.3, 0.4) is 0 Å². The van der Waals surface area contributed by atoms with Crippen molar-refractivity contribution in [2.24, 2.45) is 5.16 Å². The third kappa shape index (κ3) is 5.90. The van der Waals surface area contributed by atoms with Crippen LogP contribution in [0.1, 0.15) is 30.4 Å². The summed E-state index contributed by atoms with van der Waals surface area (Å²) < 4.78 is 0. The van der Waals surface area contributed by atoms with E-state index in [0.717, 1.165) is 37.0 Å². The largest absolute Gasteiger partial charge is 0.396 e. The number of aryl methyl sites for hydroxylation is 1. The molecule has 2 aromatic carbocycles.